The molecule has 2 rings (SSSR count). The lowest BCUT2D eigenvalue weighted by molar-refractivity contribution is -0.150. The molecule has 0 aromatic heterocycles. The molecule has 2 bridgehead atoms. The fraction of sp³-hybridized carbons (Fsp3) is 0.714. The topological polar surface area (TPSA) is 85.0 Å². The van der Waals surface area contributed by atoms with Crippen LogP contribution in [0.5, 0.6) is 0 Å². The van der Waals surface area contributed by atoms with Crippen LogP contribution in [0.25, 0.3) is 0 Å². The van der Waals surface area contributed by atoms with E-state index in [4.69, 9.17) is 10.5 Å². The predicted molar refractivity (Wildman–Crippen MR) is 66.4 cm³/mol. The molecular formula is C14H17N3O2. The van der Waals surface area contributed by atoms with Crippen LogP contribution in [0, 0.1) is 39.4 Å². The van der Waals surface area contributed by atoms with Gasteiger partial charge in [0.15, 0.2) is 5.78 Å². The van der Waals surface area contributed by atoms with Crippen molar-refractivity contribution in [3.05, 3.63) is 0 Å². The summed E-state index contributed by atoms with van der Waals surface area (Å²) in [7, 11) is 0. The van der Waals surface area contributed by atoms with Gasteiger partial charge >= 0.3 is 0 Å². The summed E-state index contributed by atoms with van der Waals surface area (Å²) in [4.78, 5) is 26.4. The van der Waals surface area contributed by atoms with Crippen LogP contribution >= 0.6 is 0 Å². The molecule has 0 aliphatic heterocycles. The molecule has 0 radical (unpaired) electrons. The van der Waals surface area contributed by atoms with E-state index in [1.54, 1.807) is 0 Å². The van der Waals surface area contributed by atoms with Gasteiger partial charge in [-0.1, -0.05) is 13.8 Å². The first-order chi connectivity index (χ1) is 8.90. The van der Waals surface area contributed by atoms with Gasteiger partial charge in [-0.2, -0.15) is 10.5 Å². The lowest BCUT2D eigenvalue weighted by atomic mass is 9.70. The van der Waals surface area contributed by atoms with E-state index in [0.717, 1.165) is 6.42 Å². The standard InChI is InChI=1S/C14H17N3O2/c1-13(2)10-3-4-14(9-10,11(13)18)12(19)17(7-5-15)8-6-16/h10H,3-4,7-9H2,1-2H3/t10-,14+/m0/s1. The number of carbonyl (C=O) groups is 2. The molecule has 0 saturated heterocycles. The van der Waals surface area contributed by atoms with Crippen molar-refractivity contribution in [1.82, 2.24) is 4.90 Å². The summed E-state index contributed by atoms with van der Waals surface area (Å²) in [5.41, 5.74) is -1.43. The molecule has 2 saturated carbocycles. The van der Waals surface area contributed by atoms with Crippen molar-refractivity contribution in [2.75, 3.05) is 13.1 Å². The molecule has 0 aromatic rings. The Morgan fingerprint density at radius 3 is 2.37 bits per heavy atom. The van der Waals surface area contributed by atoms with Crippen LogP contribution in [-0.4, -0.2) is 29.7 Å². The molecule has 0 spiro atoms. The van der Waals surface area contributed by atoms with E-state index in [0.29, 0.717) is 12.8 Å². The molecule has 19 heavy (non-hydrogen) atoms. The van der Waals surface area contributed by atoms with E-state index in [1.807, 2.05) is 26.0 Å². The number of rotatable bonds is 3. The van der Waals surface area contributed by atoms with Crippen molar-refractivity contribution in [2.24, 2.45) is 16.7 Å². The second kappa shape index (κ2) is 4.35. The zero-order valence-corrected chi connectivity index (χ0v) is 11.3. The normalized spacial score (nSPS) is 30.7. The Labute approximate surface area is 112 Å². The van der Waals surface area contributed by atoms with Crippen LogP contribution < -0.4 is 0 Å². The second-order valence-corrected chi connectivity index (χ2v) is 6.05. The van der Waals surface area contributed by atoms with Gasteiger partial charge in [-0.25, -0.2) is 0 Å². The van der Waals surface area contributed by atoms with Crippen LogP contribution in [0.1, 0.15) is 33.1 Å². The zero-order valence-electron chi connectivity index (χ0n) is 11.3. The highest BCUT2D eigenvalue weighted by molar-refractivity contribution is 6.10. The summed E-state index contributed by atoms with van der Waals surface area (Å²) in [6.45, 7) is 3.53. The molecule has 0 aromatic carbocycles. The van der Waals surface area contributed by atoms with Gasteiger partial charge in [-0.15, -0.1) is 0 Å². The number of fused-ring (bicyclic) bond motifs is 2. The van der Waals surface area contributed by atoms with Gasteiger partial charge in [0.25, 0.3) is 0 Å². The molecule has 2 aliphatic rings. The highest BCUT2D eigenvalue weighted by atomic mass is 16.2. The number of nitrogens with zero attached hydrogens (tertiary/aromatic N) is 3. The first-order valence-electron chi connectivity index (χ1n) is 6.48. The van der Waals surface area contributed by atoms with Crippen molar-refractivity contribution in [2.45, 2.75) is 33.1 Å². The van der Waals surface area contributed by atoms with Crippen LogP contribution in [0.4, 0.5) is 0 Å². The maximum atomic E-state index is 12.6. The number of nitriles is 2. The third-order valence-electron chi connectivity index (χ3n) is 4.77. The third kappa shape index (κ3) is 1.73. The Hall–Kier alpha value is -1.88. The van der Waals surface area contributed by atoms with Crippen molar-refractivity contribution in [3.8, 4) is 12.1 Å². The molecule has 1 amide bonds. The minimum Gasteiger partial charge on any atom is -0.315 e. The molecule has 5 nitrogen and oxygen atoms in total. The summed E-state index contributed by atoms with van der Waals surface area (Å²) < 4.78 is 0. The molecule has 2 atom stereocenters. The summed E-state index contributed by atoms with van der Waals surface area (Å²) in [6, 6.07) is 3.78. The predicted octanol–water partition coefficient (Wildman–Crippen LogP) is 1.26. The van der Waals surface area contributed by atoms with E-state index in [9.17, 15) is 9.59 Å². The van der Waals surface area contributed by atoms with Crippen LogP contribution in [-0.2, 0) is 9.59 Å². The zero-order chi connectivity index (χ0) is 14.3. The van der Waals surface area contributed by atoms with Gasteiger partial charge in [0.1, 0.15) is 18.5 Å². The summed E-state index contributed by atoms with van der Waals surface area (Å²) in [5.74, 6) is -0.0919. The maximum Gasteiger partial charge on any atom is 0.238 e. The highest BCUT2D eigenvalue weighted by Crippen LogP contribution is 2.60. The molecule has 100 valence electrons. The summed E-state index contributed by atoms with van der Waals surface area (Å²) in [5, 5.41) is 17.5. The molecule has 0 N–H and O–H groups in total. The third-order valence-corrected chi connectivity index (χ3v) is 4.77. The average molecular weight is 259 g/mol. The maximum absolute atomic E-state index is 12.6. The Morgan fingerprint density at radius 2 is 1.95 bits per heavy atom. The monoisotopic (exact) mass is 259 g/mol. The smallest absolute Gasteiger partial charge is 0.238 e. The number of hydrogen-bond acceptors (Lipinski definition) is 4. The van der Waals surface area contributed by atoms with Crippen molar-refractivity contribution in [3.63, 3.8) is 0 Å². The fourth-order valence-corrected chi connectivity index (χ4v) is 3.63. The van der Waals surface area contributed by atoms with Gasteiger partial charge in [0.05, 0.1) is 12.1 Å². The van der Waals surface area contributed by atoms with Crippen LogP contribution in [0.3, 0.4) is 0 Å². The quantitative estimate of drug-likeness (QED) is 0.564. The number of carbonyl (C=O) groups excluding carboxylic acids is 2. The number of hydrogen-bond donors (Lipinski definition) is 0. The van der Waals surface area contributed by atoms with Gasteiger partial charge in [-0.05, 0) is 25.2 Å². The summed E-state index contributed by atoms with van der Waals surface area (Å²) in [6.07, 6.45) is 2.01. The number of amides is 1. The average Bonchev–Trinajstić information content (AvgIpc) is 2.89. The highest BCUT2D eigenvalue weighted by Gasteiger charge is 2.65. The van der Waals surface area contributed by atoms with E-state index in [1.165, 1.54) is 4.90 Å². The minimum atomic E-state index is -0.970. The van der Waals surface area contributed by atoms with Crippen molar-refractivity contribution in [1.29, 1.82) is 10.5 Å². The number of ketones is 1. The fourth-order valence-electron chi connectivity index (χ4n) is 3.63. The Bertz CT molecular complexity index is 496. The molecular weight excluding hydrogens is 242 g/mol. The van der Waals surface area contributed by atoms with E-state index in [-0.39, 0.29) is 30.7 Å². The lowest BCUT2D eigenvalue weighted by Gasteiger charge is -2.34. The molecule has 0 heterocycles. The van der Waals surface area contributed by atoms with Gasteiger partial charge in [0.2, 0.25) is 5.91 Å². The van der Waals surface area contributed by atoms with Crippen molar-refractivity contribution < 1.29 is 9.59 Å². The van der Waals surface area contributed by atoms with Gasteiger partial charge in [-0.3, -0.25) is 9.59 Å². The lowest BCUT2D eigenvalue weighted by Crippen LogP contribution is -2.49. The molecule has 0 unspecified atom stereocenters. The number of Topliss-reactive ketones (excluding diaryl/α,β-unsaturated/α-hetero) is 1. The molecule has 5 heteroatoms. The van der Waals surface area contributed by atoms with Crippen LogP contribution in [0.15, 0.2) is 0 Å². The second-order valence-electron chi connectivity index (χ2n) is 6.05. The summed E-state index contributed by atoms with van der Waals surface area (Å²) >= 11 is 0. The minimum absolute atomic E-state index is 0.0119. The Kier molecular flexibility index (Phi) is 3.10. The first-order valence-corrected chi connectivity index (χ1v) is 6.48. The van der Waals surface area contributed by atoms with Crippen molar-refractivity contribution >= 4 is 11.7 Å². The first kappa shape index (κ1) is 13.5. The van der Waals surface area contributed by atoms with Gasteiger partial charge in [0, 0.05) is 5.41 Å². The Morgan fingerprint density at radius 1 is 1.37 bits per heavy atom. The van der Waals surface area contributed by atoms with Gasteiger partial charge < -0.3 is 4.90 Å². The molecule has 2 fully saturated rings. The Balaban J connectivity index is 2.31. The van der Waals surface area contributed by atoms with Crippen LogP contribution in [0.2, 0.25) is 0 Å². The molecule has 2 aliphatic carbocycles. The SMILES string of the molecule is CC1(C)C(=O)[C@@]2(C(=O)N(CC#N)CC#N)CC[C@H]1C2. The largest absolute Gasteiger partial charge is 0.315 e. The van der Waals surface area contributed by atoms with E-state index >= 15 is 0 Å². The van der Waals surface area contributed by atoms with E-state index in [2.05, 4.69) is 0 Å². The van der Waals surface area contributed by atoms with E-state index < -0.39 is 10.8 Å².